The lowest BCUT2D eigenvalue weighted by Crippen LogP contribution is -2.29. The fraction of sp³-hybridized carbons (Fsp3) is 0.412. The van der Waals surface area contributed by atoms with Gasteiger partial charge in [-0.05, 0) is 39.0 Å². The van der Waals surface area contributed by atoms with E-state index in [1.165, 1.54) is 0 Å². The highest BCUT2D eigenvalue weighted by Gasteiger charge is 2.14. The van der Waals surface area contributed by atoms with Gasteiger partial charge in [0.2, 0.25) is 11.8 Å². The maximum atomic E-state index is 12.0. The lowest BCUT2D eigenvalue weighted by atomic mass is 10.2. The summed E-state index contributed by atoms with van der Waals surface area (Å²) in [7, 11) is 0. The van der Waals surface area contributed by atoms with Crippen LogP contribution in [0.1, 0.15) is 25.3 Å². The zero-order chi connectivity index (χ0) is 16.8. The molecule has 0 spiro atoms. The Hall–Kier alpha value is -1.66. The van der Waals surface area contributed by atoms with Crippen LogP contribution in [0.5, 0.6) is 0 Å². The van der Waals surface area contributed by atoms with Gasteiger partial charge in [0.1, 0.15) is 5.76 Å². The Morgan fingerprint density at radius 2 is 2.22 bits per heavy atom. The van der Waals surface area contributed by atoms with Crippen molar-refractivity contribution < 1.29 is 13.9 Å². The smallest absolute Gasteiger partial charge is 0.226 e. The summed E-state index contributed by atoms with van der Waals surface area (Å²) >= 11 is 3.42. The van der Waals surface area contributed by atoms with Crippen molar-refractivity contribution in [2.24, 2.45) is 0 Å². The van der Waals surface area contributed by atoms with E-state index in [1.54, 1.807) is 0 Å². The molecule has 2 rings (SSSR count). The molecule has 0 aliphatic rings. The number of oxazole rings is 1. The number of ether oxygens (including phenoxy) is 1. The van der Waals surface area contributed by atoms with E-state index >= 15 is 0 Å². The molecular formula is C17H21BrN2O3. The van der Waals surface area contributed by atoms with Crippen LogP contribution in [0.3, 0.4) is 0 Å². The standard InChI is InChI=1S/C17H21BrN2O3/c1-11(2)22-8-7-19-16(21)10-15-12(3)23-17(20-15)13-5-4-6-14(18)9-13/h4-6,9,11H,7-8,10H2,1-3H3,(H,19,21). The second-order valence-electron chi connectivity index (χ2n) is 5.48. The lowest BCUT2D eigenvalue weighted by molar-refractivity contribution is -0.120. The van der Waals surface area contributed by atoms with Gasteiger partial charge < -0.3 is 14.5 Å². The maximum Gasteiger partial charge on any atom is 0.226 e. The number of amides is 1. The summed E-state index contributed by atoms with van der Waals surface area (Å²) in [5, 5.41) is 2.82. The van der Waals surface area contributed by atoms with Crippen LogP contribution < -0.4 is 5.32 Å². The second-order valence-corrected chi connectivity index (χ2v) is 6.39. The van der Waals surface area contributed by atoms with Gasteiger partial charge in [-0.1, -0.05) is 22.0 Å². The van der Waals surface area contributed by atoms with Crippen LogP contribution in [-0.4, -0.2) is 30.1 Å². The Kier molecular flexibility index (Phi) is 6.36. The second kappa shape index (κ2) is 8.26. The summed E-state index contributed by atoms with van der Waals surface area (Å²) in [6, 6.07) is 7.70. The molecule has 1 heterocycles. The number of aromatic nitrogens is 1. The van der Waals surface area contributed by atoms with Crippen LogP contribution >= 0.6 is 15.9 Å². The lowest BCUT2D eigenvalue weighted by Gasteiger charge is -2.08. The van der Waals surface area contributed by atoms with Crippen LogP contribution in [0.15, 0.2) is 33.2 Å². The van der Waals surface area contributed by atoms with Gasteiger partial charge in [-0.15, -0.1) is 0 Å². The number of benzene rings is 1. The van der Waals surface area contributed by atoms with E-state index in [0.717, 1.165) is 10.0 Å². The van der Waals surface area contributed by atoms with Crippen molar-refractivity contribution in [1.29, 1.82) is 0 Å². The monoisotopic (exact) mass is 380 g/mol. The number of carbonyl (C=O) groups is 1. The Balaban J connectivity index is 1.95. The first-order chi connectivity index (χ1) is 11.0. The molecule has 124 valence electrons. The van der Waals surface area contributed by atoms with Crippen LogP contribution in [0.2, 0.25) is 0 Å². The topological polar surface area (TPSA) is 64.4 Å². The summed E-state index contributed by atoms with van der Waals surface area (Å²) in [6.45, 7) is 6.74. The van der Waals surface area contributed by atoms with E-state index in [0.29, 0.717) is 30.5 Å². The molecule has 0 bridgehead atoms. The Labute approximate surface area is 144 Å². The summed E-state index contributed by atoms with van der Waals surface area (Å²) in [5.74, 6) is 1.10. The zero-order valence-electron chi connectivity index (χ0n) is 13.6. The Bertz CT molecular complexity index is 668. The number of hydrogen-bond donors (Lipinski definition) is 1. The van der Waals surface area contributed by atoms with E-state index in [9.17, 15) is 4.79 Å². The molecule has 2 aromatic rings. The van der Waals surface area contributed by atoms with Gasteiger partial charge >= 0.3 is 0 Å². The molecule has 23 heavy (non-hydrogen) atoms. The van der Waals surface area contributed by atoms with Gasteiger partial charge in [0, 0.05) is 16.6 Å². The Morgan fingerprint density at radius 1 is 1.43 bits per heavy atom. The number of nitrogens with zero attached hydrogens (tertiary/aromatic N) is 1. The first-order valence-corrected chi connectivity index (χ1v) is 8.35. The summed E-state index contributed by atoms with van der Waals surface area (Å²) in [6.07, 6.45) is 0.364. The highest BCUT2D eigenvalue weighted by atomic mass is 79.9. The minimum absolute atomic E-state index is 0.0884. The first-order valence-electron chi connectivity index (χ1n) is 7.56. The highest BCUT2D eigenvalue weighted by molar-refractivity contribution is 9.10. The van der Waals surface area contributed by atoms with Crippen molar-refractivity contribution in [2.45, 2.75) is 33.3 Å². The molecule has 0 fully saturated rings. The predicted octanol–water partition coefficient (Wildman–Crippen LogP) is 3.50. The summed E-state index contributed by atoms with van der Waals surface area (Å²) in [5.41, 5.74) is 1.53. The zero-order valence-corrected chi connectivity index (χ0v) is 15.1. The van der Waals surface area contributed by atoms with Gasteiger partial charge in [0.05, 0.1) is 24.8 Å². The number of hydrogen-bond acceptors (Lipinski definition) is 4. The molecule has 1 N–H and O–H groups in total. The molecule has 0 saturated heterocycles. The van der Waals surface area contributed by atoms with Gasteiger partial charge in [-0.2, -0.15) is 0 Å². The third kappa shape index (κ3) is 5.48. The van der Waals surface area contributed by atoms with Gasteiger partial charge in [0.15, 0.2) is 0 Å². The van der Waals surface area contributed by atoms with Crippen molar-refractivity contribution in [3.05, 3.63) is 40.2 Å². The van der Waals surface area contributed by atoms with Crippen LogP contribution in [-0.2, 0) is 16.0 Å². The van der Waals surface area contributed by atoms with E-state index in [4.69, 9.17) is 9.15 Å². The highest BCUT2D eigenvalue weighted by Crippen LogP contribution is 2.24. The average Bonchev–Trinajstić information content (AvgIpc) is 2.85. The molecule has 0 aliphatic carbocycles. The van der Waals surface area contributed by atoms with E-state index < -0.39 is 0 Å². The number of halogens is 1. The normalized spacial score (nSPS) is 11.0. The van der Waals surface area contributed by atoms with Crippen molar-refractivity contribution in [2.75, 3.05) is 13.2 Å². The molecule has 0 unspecified atom stereocenters. The largest absolute Gasteiger partial charge is 0.441 e. The number of rotatable bonds is 7. The molecule has 1 aromatic heterocycles. The number of carbonyl (C=O) groups excluding carboxylic acids is 1. The van der Waals surface area contributed by atoms with Crippen LogP contribution in [0.4, 0.5) is 0 Å². The van der Waals surface area contributed by atoms with Crippen molar-refractivity contribution in [3.8, 4) is 11.5 Å². The molecule has 1 amide bonds. The van der Waals surface area contributed by atoms with Crippen LogP contribution in [0.25, 0.3) is 11.5 Å². The Morgan fingerprint density at radius 3 is 2.91 bits per heavy atom. The van der Waals surface area contributed by atoms with Gasteiger partial charge in [0.25, 0.3) is 0 Å². The minimum Gasteiger partial charge on any atom is -0.441 e. The SMILES string of the molecule is Cc1oc(-c2cccc(Br)c2)nc1CC(=O)NCCOC(C)C. The molecule has 0 saturated carbocycles. The summed E-state index contributed by atoms with van der Waals surface area (Å²) < 4.78 is 12.0. The third-order valence-corrected chi connectivity index (χ3v) is 3.66. The molecule has 1 aromatic carbocycles. The molecule has 0 aliphatic heterocycles. The van der Waals surface area contributed by atoms with Crippen LogP contribution in [0, 0.1) is 6.92 Å². The number of aryl methyl sites for hydroxylation is 1. The van der Waals surface area contributed by atoms with E-state index in [-0.39, 0.29) is 18.4 Å². The average molecular weight is 381 g/mol. The predicted molar refractivity (Wildman–Crippen MR) is 92.2 cm³/mol. The van der Waals surface area contributed by atoms with E-state index in [1.807, 2.05) is 45.0 Å². The van der Waals surface area contributed by atoms with Crippen molar-refractivity contribution in [3.63, 3.8) is 0 Å². The minimum atomic E-state index is -0.0884. The first kappa shape index (κ1) is 17.7. The van der Waals surface area contributed by atoms with Gasteiger partial charge in [-0.25, -0.2) is 4.98 Å². The number of nitrogens with one attached hydrogen (secondary N) is 1. The quantitative estimate of drug-likeness (QED) is 0.746. The van der Waals surface area contributed by atoms with Crippen molar-refractivity contribution >= 4 is 21.8 Å². The fourth-order valence-corrected chi connectivity index (χ4v) is 2.44. The molecule has 0 atom stereocenters. The molecule has 6 heteroatoms. The summed E-state index contributed by atoms with van der Waals surface area (Å²) in [4.78, 5) is 16.4. The fourth-order valence-electron chi connectivity index (χ4n) is 2.04. The van der Waals surface area contributed by atoms with E-state index in [2.05, 4.69) is 26.2 Å². The van der Waals surface area contributed by atoms with Crippen molar-refractivity contribution in [1.82, 2.24) is 10.3 Å². The maximum absolute atomic E-state index is 12.0. The molecule has 0 radical (unpaired) electrons. The van der Waals surface area contributed by atoms with Gasteiger partial charge in [-0.3, -0.25) is 4.79 Å². The third-order valence-electron chi connectivity index (χ3n) is 3.17. The molecular weight excluding hydrogens is 360 g/mol. The molecule has 5 nitrogen and oxygen atoms in total.